The molecule has 1 aliphatic rings. The van der Waals surface area contributed by atoms with Gasteiger partial charge in [-0.25, -0.2) is 9.07 Å². The highest BCUT2D eigenvalue weighted by Crippen LogP contribution is 2.41. The molecule has 1 heterocycles. The first kappa shape index (κ1) is 18.8. The van der Waals surface area contributed by atoms with E-state index in [1.54, 1.807) is 4.68 Å². The van der Waals surface area contributed by atoms with Gasteiger partial charge in [0.2, 0.25) is 0 Å². The second kappa shape index (κ2) is 7.49. The first-order valence-corrected chi connectivity index (χ1v) is 9.73. The van der Waals surface area contributed by atoms with Crippen LogP contribution in [0, 0.1) is 6.92 Å². The number of aryl methyl sites for hydroxylation is 1. The SMILES string of the molecule is Cc1ccc(-c2cc(C3(F)CCC(O)CC3)nn2-c2ccc(CO)cc2)cc1. The summed E-state index contributed by atoms with van der Waals surface area (Å²) in [7, 11) is 0. The molecule has 5 heteroatoms. The number of aliphatic hydroxyl groups is 2. The molecule has 0 atom stereocenters. The Morgan fingerprint density at radius 1 is 1.07 bits per heavy atom. The van der Waals surface area contributed by atoms with Crippen LogP contribution in [0.5, 0.6) is 0 Å². The van der Waals surface area contributed by atoms with E-state index in [9.17, 15) is 10.2 Å². The minimum Gasteiger partial charge on any atom is -0.393 e. The number of aliphatic hydroxyl groups excluding tert-OH is 2. The van der Waals surface area contributed by atoms with Crippen LogP contribution in [0.25, 0.3) is 16.9 Å². The summed E-state index contributed by atoms with van der Waals surface area (Å²) in [5.74, 6) is 0. The average molecular weight is 380 g/mol. The highest BCUT2D eigenvalue weighted by molar-refractivity contribution is 5.63. The van der Waals surface area contributed by atoms with Crippen LogP contribution in [0.2, 0.25) is 0 Å². The minimum absolute atomic E-state index is 0.0224. The van der Waals surface area contributed by atoms with E-state index in [0.29, 0.717) is 18.5 Å². The minimum atomic E-state index is -1.52. The zero-order chi connectivity index (χ0) is 19.7. The fourth-order valence-corrected chi connectivity index (χ4v) is 3.79. The van der Waals surface area contributed by atoms with Gasteiger partial charge in [0.15, 0.2) is 5.67 Å². The summed E-state index contributed by atoms with van der Waals surface area (Å²) in [5, 5.41) is 23.7. The van der Waals surface area contributed by atoms with E-state index in [4.69, 9.17) is 0 Å². The Bertz CT molecular complexity index is 940. The standard InChI is InChI=1S/C23H25FN2O2/c1-16-2-6-18(7-3-16)21-14-22(23(24)12-10-20(28)11-13-23)25-26(21)19-8-4-17(15-27)5-9-19/h2-9,14,20,27-28H,10-13,15H2,1H3. The Kier molecular flexibility index (Phi) is 5.04. The second-order valence-corrected chi connectivity index (χ2v) is 7.71. The van der Waals surface area contributed by atoms with Gasteiger partial charge in [-0.2, -0.15) is 5.10 Å². The van der Waals surface area contributed by atoms with Crippen LogP contribution >= 0.6 is 0 Å². The first-order chi connectivity index (χ1) is 13.5. The van der Waals surface area contributed by atoms with Crippen LogP contribution in [0.4, 0.5) is 4.39 Å². The summed E-state index contributed by atoms with van der Waals surface area (Å²) in [6.45, 7) is 2.01. The number of aromatic nitrogens is 2. The van der Waals surface area contributed by atoms with Crippen LogP contribution in [-0.4, -0.2) is 26.1 Å². The molecule has 0 aliphatic heterocycles. The second-order valence-electron chi connectivity index (χ2n) is 7.71. The third-order valence-electron chi connectivity index (χ3n) is 5.63. The molecule has 0 bridgehead atoms. The third kappa shape index (κ3) is 3.60. The van der Waals surface area contributed by atoms with Gasteiger partial charge < -0.3 is 10.2 Å². The molecule has 28 heavy (non-hydrogen) atoms. The van der Waals surface area contributed by atoms with Crippen LogP contribution in [-0.2, 0) is 12.3 Å². The maximum Gasteiger partial charge on any atom is 0.154 e. The molecule has 0 radical (unpaired) electrons. The van der Waals surface area contributed by atoms with Crippen molar-refractivity contribution in [3.63, 3.8) is 0 Å². The highest BCUT2D eigenvalue weighted by Gasteiger charge is 2.39. The van der Waals surface area contributed by atoms with E-state index in [1.807, 2.05) is 61.5 Å². The van der Waals surface area contributed by atoms with E-state index in [0.717, 1.165) is 28.1 Å². The molecular weight excluding hydrogens is 355 g/mol. The van der Waals surface area contributed by atoms with Gasteiger partial charge in [0.05, 0.1) is 24.1 Å². The van der Waals surface area contributed by atoms with Gasteiger partial charge in [0, 0.05) is 5.56 Å². The molecule has 0 unspecified atom stereocenters. The van der Waals surface area contributed by atoms with Gasteiger partial charge in [0.1, 0.15) is 5.69 Å². The maximum absolute atomic E-state index is 15.7. The normalized spacial score (nSPS) is 22.4. The van der Waals surface area contributed by atoms with Crippen LogP contribution in [0.3, 0.4) is 0 Å². The van der Waals surface area contributed by atoms with Crippen molar-refractivity contribution < 1.29 is 14.6 Å². The van der Waals surface area contributed by atoms with E-state index in [2.05, 4.69) is 5.10 Å². The Morgan fingerprint density at radius 2 is 1.71 bits per heavy atom. The molecule has 1 aliphatic carbocycles. The van der Waals surface area contributed by atoms with Crippen molar-refractivity contribution >= 4 is 0 Å². The monoisotopic (exact) mass is 380 g/mol. The van der Waals surface area contributed by atoms with E-state index < -0.39 is 11.8 Å². The Labute approximate surface area is 164 Å². The molecule has 2 N–H and O–H groups in total. The molecule has 1 saturated carbocycles. The molecule has 1 aromatic heterocycles. The lowest BCUT2D eigenvalue weighted by Gasteiger charge is -2.30. The number of benzene rings is 2. The number of halogens is 1. The van der Waals surface area contributed by atoms with Crippen molar-refractivity contribution in [3.8, 4) is 16.9 Å². The Balaban J connectivity index is 1.80. The van der Waals surface area contributed by atoms with Gasteiger partial charge in [-0.05, 0) is 56.4 Å². The zero-order valence-electron chi connectivity index (χ0n) is 16.0. The molecule has 3 aromatic rings. The summed E-state index contributed by atoms with van der Waals surface area (Å²) < 4.78 is 17.4. The van der Waals surface area contributed by atoms with Crippen molar-refractivity contribution in [1.82, 2.24) is 9.78 Å². The summed E-state index contributed by atoms with van der Waals surface area (Å²) in [6.07, 6.45) is 1.04. The number of hydrogen-bond acceptors (Lipinski definition) is 3. The molecule has 4 rings (SSSR count). The van der Waals surface area contributed by atoms with Crippen molar-refractivity contribution in [1.29, 1.82) is 0 Å². The van der Waals surface area contributed by atoms with Crippen molar-refractivity contribution in [2.24, 2.45) is 0 Å². The highest BCUT2D eigenvalue weighted by atomic mass is 19.1. The largest absolute Gasteiger partial charge is 0.393 e. The van der Waals surface area contributed by atoms with Crippen LogP contribution in [0.1, 0.15) is 42.5 Å². The van der Waals surface area contributed by atoms with Crippen molar-refractivity contribution in [2.75, 3.05) is 0 Å². The van der Waals surface area contributed by atoms with Gasteiger partial charge in [-0.15, -0.1) is 0 Å². The number of rotatable bonds is 4. The first-order valence-electron chi connectivity index (χ1n) is 9.73. The number of alkyl halides is 1. The Morgan fingerprint density at radius 3 is 2.32 bits per heavy atom. The molecule has 0 spiro atoms. The van der Waals surface area contributed by atoms with E-state index >= 15 is 4.39 Å². The molecule has 146 valence electrons. The lowest BCUT2D eigenvalue weighted by molar-refractivity contribution is 0.0283. The van der Waals surface area contributed by atoms with E-state index in [-0.39, 0.29) is 19.4 Å². The topological polar surface area (TPSA) is 58.3 Å². The van der Waals surface area contributed by atoms with Crippen molar-refractivity contribution in [3.05, 3.63) is 71.4 Å². The van der Waals surface area contributed by atoms with E-state index in [1.165, 1.54) is 0 Å². The quantitative estimate of drug-likeness (QED) is 0.704. The van der Waals surface area contributed by atoms with Gasteiger partial charge >= 0.3 is 0 Å². The third-order valence-corrected chi connectivity index (χ3v) is 5.63. The molecule has 0 amide bonds. The fraction of sp³-hybridized carbons (Fsp3) is 0.348. The summed E-state index contributed by atoms with van der Waals surface area (Å²) in [4.78, 5) is 0. The Hall–Kier alpha value is -2.50. The summed E-state index contributed by atoms with van der Waals surface area (Å²) in [6, 6.07) is 17.4. The number of nitrogens with zero attached hydrogens (tertiary/aromatic N) is 2. The predicted octanol–water partition coefficient (Wildman–Crippen LogP) is 4.44. The summed E-state index contributed by atoms with van der Waals surface area (Å²) >= 11 is 0. The maximum atomic E-state index is 15.7. The van der Waals surface area contributed by atoms with Gasteiger partial charge in [-0.1, -0.05) is 42.0 Å². The van der Waals surface area contributed by atoms with Gasteiger partial charge in [0.25, 0.3) is 0 Å². The molecule has 1 fully saturated rings. The van der Waals surface area contributed by atoms with Gasteiger partial charge in [-0.3, -0.25) is 0 Å². The summed E-state index contributed by atoms with van der Waals surface area (Å²) in [5.41, 5.74) is 3.49. The molecule has 4 nitrogen and oxygen atoms in total. The molecular formula is C23H25FN2O2. The smallest absolute Gasteiger partial charge is 0.154 e. The van der Waals surface area contributed by atoms with Crippen LogP contribution < -0.4 is 0 Å². The number of hydrogen-bond donors (Lipinski definition) is 2. The predicted molar refractivity (Wildman–Crippen MR) is 107 cm³/mol. The molecule has 0 saturated heterocycles. The average Bonchev–Trinajstić information content (AvgIpc) is 3.17. The zero-order valence-corrected chi connectivity index (χ0v) is 16.0. The lowest BCUT2D eigenvalue weighted by Crippen LogP contribution is -2.30. The lowest BCUT2D eigenvalue weighted by atomic mass is 9.82. The van der Waals surface area contributed by atoms with Crippen LogP contribution in [0.15, 0.2) is 54.6 Å². The molecule has 2 aromatic carbocycles. The van der Waals surface area contributed by atoms with Crippen molar-refractivity contribution in [2.45, 2.75) is 51.0 Å². The fourth-order valence-electron chi connectivity index (χ4n) is 3.79.